The Labute approximate surface area is 127 Å². The van der Waals surface area contributed by atoms with Crippen LogP contribution in [-0.4, -0.2) is 49.8 Å². The molecule has 0 aromatic heterocycles. The van der Waals surface area contributed by atoms with E-state index in [2.05, 4.69) is 31.1 Å². The minimum Gasteiger partial charge on any atom is -0.486 e. The smallest absolute Gasteiger partial charge is 0.161 e. The summed E-state index contributed by atoms with van der Waals surface area (Å²) in [5, 5.41) is 3.69. The molecule has 0 saturated carbocycles. The van der Waals surface area contributed by atoms with Gasteiger partial charge >= 0.3 is 0 Å². The third-order valence-corrected chi connectivity index (χ3v) is 4.79. The zero-order chi connectivity index (χ0) is 14.8. The standard InChI is InChI=1S/C17H26N2O2/c1-12-10-19(3)13(2)8-15(12)18-9-14-11-20-16-6-4-5-7-17(16)21-14/h4-7,12-15,18H,8-11H2,1-3H3. The highest BCUT2D eigenvalue weighted by atomic mass is 16.6. The van der Waals surface area contributed by atoms with Gasteiger partial charge in [-0.2, -0.15) is 0 Å². The van der Waals surface area contributed by atoms with Crippen LogP contribution in [0.3, 0.4) is 0 Å². The molecule has 0 bridgehead atoms. The average molecular weight is 290 g/mol. The van der Waals surface area contributed by atoms with Crippen LogP contribution in [0.4, 0.5) is 0 Å². The Bertz CT molecular complexity index is 480. The molecule has 4 nitrogen and oxygen atoms in total. The molecule has 1 N–H and O–H groups in total. The van der Waals surface area contributed by atoms with E-state index in [1.807, 2.05) is 24.3 Å². The second-order valence-corrected chi connectivity index (χ2v) is 6.51. The number of benzene rings is 1. The van der Waals surface area contributed by atoms with Crippen molar-refractivity contribution in [2.24, 2.45) is 5.92 Å². The van der Waals surface area contributed by atoms with Gasteiger partial charge in [-0.1, -0.05) is 19.1 Å². The summed E-state index contributed by atoms with van der Waals surface area (Å²) in [6.07, 6.45) is 1.30. The van der Waals surface area contributed by atoms with E-state index in [0.29, 0.717) is 24.6 Å². The summed E-state index contributed by atoms with van der Waals surface area (Å²) in [7, 11) is 2.21. The normalized spacial score (nSPS) is 32.9. The summed E-state index contributed by atoms with van der Waals surface area (Å²) in [5.41, 5.74) is 0. The van der Waals surface area contributed by atoms with Crippen molar-refractivity contribution in [3.05, 3.63) is 24.3 Å². The Morgan fingerprint density at radius 1 is 1.24 bits per heavy atom. The number of fused-ring (bicyclic) bond motifs is 1. The van der Waals surface area contributed by atoms with Crippen LogP contribution in [-0.2, 0) is 0 Å². The fourth-order valence-electron chi connectivity index (χ4n) is 3.27. The summed E-state index contributed by atoms with van der Waals surface area (Å²) in [6.45, 7) is 7.26. The highest BCUT2D eigenvalue weighted by Crippen LogP contribution is 2.30. The number of para-hydroxylation sites is 2. The molecule has 1 aromatic carbocycles. The number of piperidine rings is 1. The van der Waals surface area contributed by atoms with Crippen molar-refractivity contribution in [3.63, 3.8) is 0 Å². The molecule has 4 atom stereocenters. The van der Waals surface area contributed by atoms with E-state index in [4.69, 9.17) is 9.47 Å². The molecule has 0 aliphatic carbocycles. The molecule has 21 heavy (non-hydrogen) atoms. The Hall–Kier alpha value is -1.26. The van der Waals surface area contributed by atoms with Gasteiger partial charge in [-0.3, -0.25) is 0 Å². The Morgan fingerprint density at radius 2 is 2.00 bits per heavy atom. The van der Waals surface area contributed by atoms with E-state index in [-0.39, 0.29) is 6.10 Å². The largest absolute Gasteiger partial charge is 0.486 e. The van der Waals surface area contributed by atoms with E-state index in [1.165, 1.54) is 6.42 Å². The zero-order valence-electron chi connectivity index (χ0n) is 13.2. The van der Waals surface area contributed by atoms with Crippen molar-refractivity contribution < 1.29 is 9.47 Å². The molecule has 1 saturated heterocycles. The van der Waals surface area contributed by atoms with Crippen molar-refractivity contribution >= 4 is 0 Å². The first-order valence-electron chi connectivity index (χ1n) is 7.95. The monoisotopic (exact) mass is 290 g/mol. The minimum atomic E-state index is 0.0991. The van der Waals surface area contributed by atoms with Crippen LogP contribution in [0.25, 0.3) is 0 Å². The number of hydrogen-bond acceptors (Lipinski definition) is 4. The van der Waals surface area contributed by atoms with Crippen LogP contribution in [0.2, 0.25) is 0 Å². The molecule has 1 aromatic rings. The topological polar surface area (TPSA) is 33.7 Å². The van der Waals surface area contributed by atoms with Crippen LogP contribution in [0.15, 0.2) is 24.3 Å². The molecule has 2 heterocycles. The number of likely N-dealkylation sites (tertiary alicyclic amines) is 1. The summed E-state index contributed by atoms with van der Waals surface area (Å²) in [5.74, 6) is 2.39. The maximum absolute atomic E-state index is 6.01. The highest BCUT2D eigenvalue weighted by Gasteiger charge is 2.30. The van der Waals surface area contributed by atoms with Crippen LogP contribution >= 0.6 is 0 Å². The van der Waals surface area contributed by atoms with Crippen molar-refractivity contribution in [2.75, 3.05) is 26.7 Å². The second-order valence-electron chi connectivity index (χ2n) is 6.51. The van der Waals surface area contributed by atoms with E-state index in [1.54, 1.807) is 0 Å². The third kappa shape index (κ3) is 3.33. The van der Waals surface area contributed by atoms with Gasteiger partial charge in [0, 0.05) is 25.2 Å². The number of hydrogen-bond donors (Lipinski definition) is 1. The fourth-order valence-corrected chi connectivity index (χ4v) is 3.27. The number of ether oxygens (including phenoxy) is 2. The lowest BCUT2D eigenvalue weighted by Crippen LogP contribution is -2.53. The first-order chi connectivity index (χ1) is 10.1. The van der Waals surface area contributed by atoms with Gasteiger partial charge in [0.2, 0.25) is 0 Å². The summed E-state index contributed by atoms with van der Waals surface area (Å²) in [4.78, 5) is 2.44. The molecule has 0 amide bonds. The van der Waals surface area contributed by atoms with Crippen LogP contribution in [0.1, 0.15) is 20.3 Å². The SMILES string of the molecule is CC1CN(C)C(C)CC1NCC1COc2ccccc2O1. The number of rotatable bonds is 3. The Balaban J connectivity index is 1.52. The predicted molar refractivity (Wildman–Crippen MR) is 84.0 cm³/mol. The summed E-state index contributed by atoms with van der Waals surface area (Å²) >= 11 is 0. The van der Waals surface area contributed by atoms with Gasteiger partial charge in [0.15, 0.2) is 11.5 Å². The molecule has 2 aliphatic heterocycles. The molecule has 2 aliphatic rings. The van der Waals surface area contributed by atoms with Crippen LogP contribution in [0.5, 0.6) is 11.5 Å². The van der Waals surface area contributed by atoms with Crippen molar-refractivity contribution in [2.45, 2.75) is 38.5 Å². The number of nitrogens with zero attached hydrogens (tertiary/aromatic N) is 1. The molecule has 4 heteroatoms. The Morgan fingerprint density at radius 3 is 2.81 bits per heavy atom. The first kappa shape index (κ1) is 14.7. The van der Waals surface area contributed by atoms with Crippen LogP contribution < -0.4 is 14.8 Å². The van der Waals surface area contributed by atoms with Gasteiger partial charge in [-0.25, -0.2) is 0 Å². The Kier molecular flexibility index (Phi) is 4.36. The highest BCUT2D eigenvalue weighted by molar-refractivity contribution is 5.40. The van der Waals surface area contributed by atoms with Gasteiger partial charge in [0.1, 0.15) is 12.7 Å². The fraction of sp³-hybridized carbons (Fsp3) is 0.647. The summed E-state index contributed by atoms with van der Waals surface area (Å²) < 4.78 is 11.8. The zero-order valence-corrected chi connectivity index (χ0v) is 13.2. The van der Waals surface area contributed by atoms with Crippen LogP contribution in [0, 0.1) is 5.92 Å². The van der Waals surface area contributed by atoms with Gasteiger partial charge < -0.3 is 19.7 Å². The van der Waals surface area contributed by atoms with E-state index in [9.17, 15) is 0 Å². The minimum absolute atomic E-state index is 0.0991. The first-order valence-corrected chi connectivity index (χ1v) is 7.95. The number of nitrogens with one attached hydrogen (secondary N) is 1. The second kappa shape index (κ2) is 6.24. The predicted octanol–water partition coefficient (Wildman–Crippen LogP) is 2.14. The van der Waals surface area contributed by atoms with Gasteiger partial charge in [0.05, 0.1) is 0 Å². The quantitative estimate of drug-likeness (QED) is 0.925. The van der Waals surface area contributed by atoms with E-state index >= 15 is 0 Å². The molecule has 116 valence electrons. The third-order valence-electron chi connectivity index (χ3n) is 4.79. The van der Waals surface area contributed by atoms with Crippen molar-refractivity contribution in [1.82, 2.24) is 10.2 Å². The molecular weight excluding hydrogens is 264 g/mol. The van der Waals surface area contributed by atoms with Crippen molar-refractivity contribution in [3.8, 4) is 11.5 Å². The molecule has 0 radical (unpaired) electrons. The average Bonchev–Trinajstić information content (AvgIpc) is 2.49. The molecule has 3 rings (SSSR count). The van der Waals surface area contributed by atoms with Gasteiger partial charge in [0.25, 0.3) is 0 Å². The van der Waals surface area contributed by atoms with E-state index in [0.717, 1.165) is 24.6 Å². The maximum Gasteiger partial charge on any atom is 0.161 e. The summed E-state index contributed by atoms with van der Waals surface area (Å²) in [6, 6.07) is 9.10. The molecule has 1 fully saturated rings. The lowest BCUT2D eigenvalue weighted by atomic mass is 9.90. The van der Waals surface area contributed by atoms with Gasteiger partial charge in [-0.05, 0) is 38.4 Å². The van der Waals surface area contributed by atoms with Gasteiger partial charge in [-0.15, -0.1) is 0 Å². The molecule has 0 spiro atoms. The lowest BCUT2D eigenvalue weighted by molar-refractivity contribution is 0.0739. The maximum atomic E-state index is 6.01. The lowest BCUT2D eigenvalue weighted by Gasteiger charge is -2.40. The molecular formula is C17H26N2O2. The molecule has 4 unspecified atom stereocenters. The van der Waals surface area contributed by atoms with Crippen molar-refractivity contribution in [1.29, 1.82) is 0 Å². The van der Waals surface area contributed by atoms with E-state index < -0.39 is 0 Å².